The lowest BCUT2D eigenvalue weighted by Gasteiger charge is -2.16. The molecule has 1 aromatic rings. The highest BCUT2D eigenvalue weighted by atomic mass is 16.5. The molecular formula is C21H34N2O6. The van der Waals surface area contributed by atoms with Crippen molar-refractivity contribution in [3.8, 4) is 17.2 Å². The van der Waals surface area contributed by atoms with Gasteiger partial charge in [0.1, 0.15) is 0 Å². The minimum Gasteiger partial charge on any atom is -0.493 e. The second kappa shape index (κ2) is 13.2. The van der Waals surface area contributed by atoms with Gasteiger partial charge in [-0.15, -0.1) is 0 Å². The first-order chi connectivity index (χ1) is 14.2. The molecule has 0 spiro atoms. The van der Waals surface area contributed by atoms with Crippen LogP contribution in [0.1, 0.15) is 42.5 Å². The van der Waals surface area contributed by atoms with E-state index in [1.165, 1.54) is 14.2 Å². The van der Waals surface area contributed by atoms with E-state index in [4.69, 9.17) is 18.9 Å². The Morgan fingerprint density at radius 2 is 1.66 bits per heavy atom. The fraction of sp³-hybridized carbons (Fsp3) is 0.667. The molecule has 1 aliphatic rings. The maximum Gasteiger partial charge on any atom is 0.338 e. The number of methoxy groups -OCH3 is 2. The van der Waals surface area contributed by atoms with Crippen molar-refractivity contribution in [1.82, 2.24) is 10.6 Å². The molecule has 8 heteroatoms. The highest BCUT2D eigenvalue weighted by Gasteiger charge is 2.18. The molecule has 2 bridgehead atoms. The summed E-state index contributed by atoms with van der Waals surface area (Å²) in [7, 11) is 3.04. The zero-order valence-electron chi connectivity index (χ0n) is 17.5. The predicted molar refractivity (Wildman–Crippen MR) is 110 cm³/mol. The van der Waals surface area contributed by atoms with E-state index in [1.807, 2.05) is 0 Å². The lowest BCUT2D eigenvalue weighted by Crippen LogP contribution is -2.26. The molecule has 0 amide bonds. The third-order valence-corrected chi connectivity index (χ3v) is 4.71. The van der Waals surface area contributed by atoms with E-state index in [0.717, 1.165) is 39.0 Å². The Morgan fingerprint density at radius 1 is 0.931 bits per heavy atom. The molecule has 0 aliphatic carbocycles. The van der Waals surface area contributed by atoms with Gasteiger partial charge in [0.15, 0.2) is 11.5 Å². The van der Waals surface area contributed by atoms with Crippen molar-refractivity contribution in [2.24, 2.45) is 0 Å². The Hall–Kier alpha value is -2.03. The van der Waals surface area contributed by atoms with Crippen molar-refractivity contribution in [3.63, 3.8) is 0 Å². The molecule has 1 heterocycles. The van der Waals surface area contributed by atoms with Crippen LogP contribution in [0.4, 0.5) is 0 Å². The molecule has 1 aliphatic heterocycles. The largest absolute Gasteiger partial charge is 0.493 e. The van der Waals surface area contributed by atoms with Gasteiger partial charge in [-0.1, -0.05) is 0 Å². The third-order valence-electron chi connectivity index (χ3n) is 4.71. The van der Waals surface area contributed by atoms with Gasteiger partial charge >= 0.3 is 5.97 Å². The molecule has 164 valence electrons. The Bertz CT molecular complexity index is 625. The van der Waals surface area contributed by atoms with Crippen molar-refractivity contribution in [2.75, 3.05) is 53.6 Å². The number of fused-ring (bicyclic) bond motifs is 2. The maximum atomic E-state index is 12.4. The second-order valence-corrected chi connectivity index (χ2v) is 6.99. The molecule has 0 unspecified atom stereocenters. The van der Waals surface area contributed by atoms with Crippen LogP contribution >= 0.6 is 0 Å². The summed E-state index contributed by atoms with van der Waals surface area (Å²) in [6.07, 6.45) is 3.43. The summed E-state index contributed by atoms with van der Waals surface area (Å²) in [5.41, 5.74) is 0.353. The number of benzene rings is 1. The summed E-state index contributed by atoms with van der Waals surface area (Å²) < 4.78 is 22.0. The van der Waals surface area contributed by atoms with Gasteiger partial charge in [0, 0.05) is 0 Å². The smallest absolute Gasteiger partial charge is 0.338 e. The Morgan fingerprint density at radius 3 is 2.41 bits per heavy atom. The highest BCUT2D eigenvalue weighted by Crippen LogP contribution is 2.38. The van der Waals surface area contributed by atoms with Gasteiger partial charge < -0.3 is 34.7 Å². The summed E-state index contributed by atoms with van der Waals surface area (Å²) in [6, 6.07) is 3.20. The van der Waals surface area contributed by atoms with E-state index < -0.39 is 5.97 Å². The Kier molecular flexibility index (Phi) is 10.6. The number of esters is 1. The number of ether oxygens (including phenoxy) is 4. The fourth-order valence-corrected chi connectivity index (χ4v) is 3.10. The number of hydrogen-bond donors (Lipinski definition) is 3. The van der Waals surface area contributed by atoms with Crippen molar-refractivity contribution in [1.29, 1.82) is 0 Å². The van der Waals surface area contributed by atoms with Crippen molar-refractivity contribution < 1.29 is 28.8 Å². The first kappa shape index (κ1) is 23.3. The third kappa shape index (κ3) is 8.08. The summed E-state index contributed by atoms with van der Waals surface area (Å²) >= 11 is 0. The van der Waals surface area contributed by atoms with E-state index >= 15 is 0 Å². The molecule has 1 aromatic carbocycles. The first-order valence-corrected chi connectivity index (χ1v) is 10.3. The molecule has 0 saturated heterocycles. The minimum absolute atomic E-state index is 0.340. The molecule has 1 atom stereocenters. The maximum absolute atomic E-state index is 12.4. The number of aliphatic hydroxyl groups is 1. The summed E-state index contributed by atoms with van der Waals surface area (Å²) in [6.45, 7) is 4.13. The molecule has 0 fully saturated rings. The van der Waals surface area contributed by atoms with E-state index in [2.05, 4.69) is 10.6 Å². The molecule has 0 radical (unpaired) electrons. The van der Waals surface area contributed by atoms with E-state index in [0.29, 0.717) is 55.3 Å². The Labute approximate surface area is 172 Å². The molecule has 2 rings (SSSR count). The topological polar surface area (TPSA) is 98.3 Å². The van der Waals surface area contributed by atoms with E-state index in [-0.39, 0.29) is 6.10 Å². The summed E-state index contributed by atoms with van der Waals surface area (Å²) in [5, 5.41) is 16.8. The van der Waals surface area contributed by atoms with E-state index in [1.54, 1.807) is 12.1 Å². The van der Waals surface area contributed by atoms with Crippen LogP contribution in [0.15, 0.2) is 12.1 Å². The second-order valence-electron chi connectivity index (χ2n) is 6.99. The van der Waals surface area contributed by atoms with Crippen LogP contribution in [-0.4, -0.2) is 70.8 Å². The molecule has 8 nitrogen and oxygen atoms in total. The standard InChI is InChI=1S/C21H34N2O6/c1-26-18-14-16-15-19(20(18)27-2)28-12-3-6-17(24)7-11-23-9-4-8-22-10-5-13-29-21(16)25/h14-15,17,22-24H,3-13H2,1-2H3/t17-/m0/s1. The van der Waals surface area contributed by atoms with Crippen LogP contribution in [0.5, 0.6) is 17.2 Å². The predicted octanol–water partition coefficient (Wildman–Crippen LogP) is 1.74. The summed E-state index contributed by atoms with van der Waals surface area (Å²) in [5.74, 6) is 0.836. The Balaban J connectivity index is 2.08. The van der Waals surface area contributed by atoms with Gasteiger partial charge in [-0.25, -0.2) is 4.79 Å². The normalized spacial score (nSPS) is 20.8. The van der Waals surface area contributed by atoms with Gasteiger partial charge in [-0.3, -0.25) is 0 Å². The average Bonchev–Trinajstić information content (AvgIpc) is 2.73. The number of carbonyl (C=O) groups excluding carboxylic acids is 1. The SMILES string of the molecule is COc1cc2cc(c1OC)OCCC[C@H](O)CCNCCCNCCCOC2=O. The minimum atomic E-state index is -0.426. The lowest BCUT2D eigenvalue weighted by atomic mass is 10.1. The lowest BCUT2D eigenvalue weighted by molar-refractivity contribution is 0.0499. The van der Waals surface area contributed by atoms with Gasteiger partial charge in [0.25, 0.3) is 0 Å². The number of nitrogens with one attached hydrogen (secondary N) is 2. The number of carbonyl (C=O) groups is 1. The number of aliphatic hydroxyl groups excluding tert-OH is 1. The van der Waals surface area contributed by atoms with Gasteiger partial charge in [0.2, 0.25) is 5.75 Å². The van der Waals surface area contributed by atoms with Crippen LogP contribution in [0.25, 0.3) is 0 Å². The van der Waals surface area contributed by atoms with Crippen LogP contribution < -0.4 is 24.8 Å². The fourth-order valence-electron chi connectivity index (χ4n) is 3.10. The molecular weight excluding hydrogens is 376 g/mol. The summed E-state index contributed by atoms with van der Waals surface area (Å²) in [4.78, 5) is 12.4. The molecule has 0 aromatic heterocycles. The first-order valence-electron chi connectivity index (χ1n) is 10.3. The average molecular weight is 411 g/mol. The molecule has 29 heavy (non-hydrogen) atoms. The van der Waals surface area contributed by atoms with Gasteiger partial charge in [-0.2, -0.15) is 0 Å². The van der Waals surface area contributed by atoms with Gasteiger partial charge in [-0.05, 0) is 70.4 Å². The molecule has 3 N–H and O–H groups in total. The monoisotopic (exact) mass is 410 g/mol. The van der Waals surface area contributed by atoms with Crippen LogP contribution in [0.2, 0.25) is 0 Å². The van der Waals surface area contributed by atoms with Crippen molar-refractivity contribution >= 4 is 5.97 Å². The zero-order valence-corrected chi connectivity index (χ0v) is 17.5. The van der Waals surface area contributed by atoms with Crippen molar-refractivity contribution in [2.45, 2.75) is 38.2 Å². The number of hydrogen-bond acceptors (Lipinski definition) is 8. The number of cyclic esters (lactones) is 1. The van der Waals surface area contributed by atoms with Gasteiger partial charge in [0.05, 0.1) is 39.1 Å². The molecule has 0 saturated carbocycles. The quantitative estimate of drug-likeness (QED) is 0.635. The van der Waals surface area contributed by atoms with Crippen LogP contribution in [-0.2, 0) is 4.74 Å². The van der Waals surface area contributed by atoms with Crippen molar-refractivity contribution in [3.05, 3.63) is 17.7 Å². The zero-order chi connectivity index (χ0) is 20.9. The van der Waals surface area contributed by atoms with Crippen LogP contribution in [0, 0.1) is 0 Å². The van der Waals surface area contributed by atoms with Crippen LogP contribution in [0.3, 0.4) is 0 Å². The number of rotatable bonds is 2. The van der Waals surface area contributed by atoms with E-state index in [9.17, 15) is 9.90 Å². The highest BCUT2D eigenvalue weighted by molar-refractivity contribution is 5.91.